The van der Waals surface area contributed by atoms with Crippen LogP contribution >= 0.6 is 0 Å². The smallest absolute Gasteiger partial charge is 0 e. The average molecular weight is 100 g/mol. The third-order valence-electron chi connectivity index (χ3n) is 0. The van der Waals surface area contributed by atoms with Crippen LogP contribution in [-0.2, 0) is 0 Å². The first-order chi connectivity index (χ1) is 2.00. The lowest BCUT2D eigenvalue weighted by atomic mass is 12.0. The van der Waals surface area contributed by atoms with Gasteiger partial charge >= 0.3 is 0 Å². The lowest BCUT2D eigenvalue weighted by Crippen LogP contribution is -0.674. The van der Waals surface area contributed by atoms with E-state index in [0.717, 1.165) is 0 Å². The second kappa shape index (κ2) is 67.2. The van der Waals surface area contributed by atoms with E-state index in [0.29, 0.717) is 0 Å². The van der Waals surface area contributed by atoms with Gasteiger partial charge in [0.25, 0.3) is 0 Å². The van der Waals surface area contributed by atoms with Crippen LogP contribution < -0.4 is 0 Å². The Hall–Kier alpha value is -0.800. The van der Waals surface area contributed by atoms with E-state index in [1.54, 1.807) is 0 Å². The minimum absolute atomic E-state index is 0. The number of hydrogen-bond acceptors (Lipinski definition) is 4. The van der Waals surface area contributed by atoms with E-state index >= 15 is 0 Å². The second-order valence-corrected chi connectivity index (χ2v) is 0. The summed E-state index contributed by atoms with van der Waals surface area (Å²) in [4.78, 5) is 28.0. The van der Waals surface area contributed by atoms with E-state index in [1.807, 2.05) is 0 Å². The molecule has 0 aromatic carbocycles. The molecule has 0 aliphatic rings. The molecule has 0 atom stereocenters. The Morgan fingerprint density at radius 2 is 0.667 bits per heavy atom. The summed E-state index contributed by atoms with van der Waals surface area (Å²) in [5.41, 5.74) is 0. The first-order valence-electron chi connectivity index (χ1n) is 0.333. The van der Waals surface area contributed by atoms with Gasteiger partial charge in [0.2, 0.25) is 0 Å². The van der Waals surface area contributed by atoms with Crippen molar-refractivity contribution in [1.82, 2.24) is 0 Å². The molecule has 0 aliphatic heterocycles. The highest BCUT2D eigenvalue weighted by Gasteiger charge is 0.709. The summed E-state index contributed by atoms with van der Waals surface area (Å²) < 4.78 is 0. The minimum atomic E-state index is 0. The van der Waals surface area contributed by atoms with Gasteiger partial charge in [0.05, 0.1) is 0 Å². The van der Waals surface area contributed by atoms with Crippen LogP contribution in [0.25, 0.3) is 0 Å². The van der Waals surface area contributed by atoms with Crippen molar-refractivity contribution in [3.05, 3.63) is 19.9 Å². The Balaban J connectivity index is -0.00000000167. The zero-order valence-corrected chi connectivity index (χ0v) is 1.63. The molecule has 0 spiro atoms. The van der Waals surface area contributed by atoms with Gasteiger partial charge in [-0.2, -0.15) is 0 Å². The highest BCUT2D eigenvalue weighted by Crippen LogP contribution is 0.743. The Morgan fingerprint density at radius 3 is 0.667 bits per heavy atom. The molecule has 0 unspecified atom stereocenters. The maximum atomic E-state index is 7.00. The fraction of sp³-hybridized carbons (Fsp3) is 1.00. The molecule has 0 saturated carbocycles. The summed E-state index contributed by atoms with van der Waals surface area (Å²) in [6.45, 7) is 0. The summed E-state index contributed by atoms with van der Waals surface area (Å²) in [6.07, 6.45) is 0. The Kier molecular flexibility index (Phi) is 713. The van der Waals surface area contributed by atoms with Gasteiger partial charge in [0.1, 0.15) is 0 Å². The SMILES string of the molecule is C.C.O=O.O=O.[HH].[HH]. The van der Waals surface area contributed by atoms with Gasteiger partial charge in [-0.25, -0.2) is 0 Å². The lowest BCUT2D eigenvalue weighted by molar-refractivity contribution is 2.50. The van der Waals surface area contributed by atoms with Crippen molar-refractivity contribution in [1.29, 1.82) is 0 Å². The first-order valence-corrected chi connectivity index (χ1v) is 0.333. The summed E-state index contributed by atoms with van der Waals surface area (Å²) in [6, 6.07) is 0. The van der Waals surface area contributed by atoms with Crippen LogP contribution in [0.2, 0.25) is 0 Å². The van der Waals surface area contributed by atoms with Gasteiger partial charge < -0.3 is 0 Å². The van der Waals surface area contributed by atoms with Crippen LogP contribution in [0, 0.1) is 19.9 Å². The molecule has 0 amide bonds. The Labute approximate surface area is 39.0 Å². The summed E-state index contributed by atoms with van der Waals surface area (Å²) in [5, 5.41) is 0. The Morgan fingerprint density at radius 1 is 0.667 bits per heavy atom. The molecule has 0 bridgehead atoms. The van der Waals surface area contributed by atoms with Gasteiger partial charge in [-0.1, -0.05) is 14.9 Å². The standard InChI is InChI=1S/2CH4.2O2.2H2/c;;2*1-2;;/h2*1H4;;;2*1H. The molecule has 4 heteroatoms. The zero-order chi connectivity index (χ0) is 4.00. The van der Waals surface area contributed by atoms with E-state index in [1.165, 1.54) is 0 Å². The molecule has 0 rings (SSSR count). The molecule has 0 saturated heterocycles. The van der Waals surface area contributed by atoms with E-state index in [9.17, 15) is 0 Å². The molecular formula is C2H12O4. The van der Waals surface area contributed by atoms with Gasteiger partial charge in [0, 0.05) is 22.7 Å². The van der Waals surface area contributed by atoms with E-state index in [4.69, 9.17) is 19.9 Å². The van der Waals surface area contributed by atoms with Crippen LogP contribution in [0.4, 0.5) is 0 Å². The zero-order valence-electron chi connectivity index (χ0n) is 1.63. The van der Waals surface area contributed by atoms with Crippen LogP contribution in [0.1, 0.15) is 17.7 Å². The lowest BCUT2D eigenvalue weighted by Gasteiger charge is -0.707. The molecule has 0 heterocycles. The largest absolute Gasteiger partial charge is 0.0776 e. The van der Waals surface area contributed by atoms with Crippen molar-refractivity contribution in [2.45, 2.75) is 14.9 Å². The number of rotatable bonds is 0. The minimum Gasteiger partial charge on any atom is -0.0776 e. The maximum absolute atomic E-state index is 7.00. The fourth-order valence-corrected chi connectivity index (χ4v) is 0. The van der Waals surface area contributed by atoms with E-state index in [-0.39, 0.29) is 17.7 Å². The summed E-state index contributed by atoms with van der Waals surface area (Å²) >= 11 is 0. The molecule has 0 radical (unpaired) electrons. The molecule has 44 valence electrons. The second-order valence-electron chi connectivity index (χ2n) is 0. The third kappa shape index (κ3) is 24.2. The van der Waals surface area contributed by atoms with Crippen molar-refractivity contribution in [2.75, 3.05) is 0 Å². The van der Waals surface area contributed by atoms with Crippen LogP contribution in [-0.4, -0.2) is 0 Å². The molecular weight excluding hydrogens is 88.0 g/mol. The van der Waals surface area contributed by atoms with Gasteiger partial charge in [-0.3, -0.25) is 0 Å². The Bertz CT molecular complexity index is 14.0. The highest BCUT2D eigenvalue weighted by atomic mass is 16.7. The van der Waals surface area contributed by atoms with Crippen molar-refractivity contribution in [3.63, 3.8) is 0 Å². The topological polar surface area (TPSA) is 68.3 Å². The van der Waals surface area contributed by atoms with Crippen LogP contribution in [0.5, 0.6) is 0 Å². The average Bonchev–Trinajstić information content (AvgIpc) is 1.50. The highest BCUT2D eigenvalue weighted by molar-refractivity contribution is 4.08. The first kappa shape index (κ1) is 63.7. The quantitative estimate of drug-likeness (QED) is 0.466. The molecule has 4 nitrogen and oxygen atoms in total. The normalized spacial score (nSPS) is 1.33. The van der Waals surface area contributed by atoms with Crippen LogP contribution in [0.15, 0.2) is 0 Å². The monoisotopic (exact) mass is 100 g/mol. The van der Waals surface area contributed by atoms with Gasteiger partial charge in [0.15, 0.2) is 0 Å². The van der Waals surface area contributed by atoms with Crippen molar-refractivity contribution in [3.8, 4) is 0 Å². The molecule has 0 aromatic rings. The van der Waals surface area contributed by atoms with E-state index in [2.05, 4.69) is 0 Å². The van der Waals surface area contributed by atoms with Gasteiger partial charge in [-0.05, 0) is 0 Å². The van der Waals surface area contributed by atoms with Crippen molar-refractivity contribution >= 4 is 0 Å². The maximum Gasteiger partial charge on any atom is 0 e. The van der Waals surface area contributed by atoms with E-state index < -0.39 is 0 Å². The molecule has 0 aliphatic carbocycles. The van der Waals surface area contributed by atoms with Crippen molar-refractivity contribution in [2.24, 2.45) is 0 Å². The molecule has 0 N–H and O–H groups in total. The van der Waals surface area contributed by atoms with Crippen LogP contribution in [0.3, 0.4) is 0 Å². The predicted molar refractivity (Wildman–Crippen MR) is 31.2 cm³/mol. The third-order valence-corrected chi connectivity index (χ3v) is 0. The fourth-order valence-electron chi connectivity index (χ4n) is 0. The van der Waals surface area contributed by atoms with Gasteiger partial charge in [-0.15, -0.1) is 0 Å². The van der Waals surface area contributed by atoms with Crippen molar-refractivity contribution < 1.29 is 2.85 Å². The molecule has 0 fully saturated rings. The molecule has 6 heavy (non-hydrogen) atoms. The predicted octanol–water partition coefficient (Wildman–Crippen LogP) is 1.90. The summed E-state index contributed by atoms with van der Waals surface area (Å²) in [7, 11) is 0. The number of hydrogen-bond donors (Lipinski definition) is 0. The summed E-state index contributed by atoms with van der Waals surface area (Å²) in [5.74, 6) is 0. The molecule has 0 aromatic heterocycles.